The van der Waals surface area contributed by atoms with E-state index in [1.54, 1.807) is 7.11 Å². The Morgan fingerprint density at radius 2 is 1.94 bits per heavy atom. The van der Waals surface area contributed by atoms with Crippen molar-refractivity contribution in [1.29, 1.82) is 0 Å². The van der Waals surface area contributed by atoms with Crippen LogP contribution in [0.5, 0.6) is 5.75 Å². The quantitative estimate of drug-likeness (QED) is 0.464. The van der Waals surface area contributed by atoms with Crippen molar-refractivity contribution in [3.8, 4) is 5.75 Å². The Labute approximate surface area is 184 Å². The fourth-order valence-electron chi connectivity index (χ4n) is 5.91. The van der Waals surface area contributed by atoms with Gasteiger partial charge in [-0.3, -0.25) is 9.36 Å². The van der Waals surface area contributed by atoms with E-state index >= 15 is 0 Å². The van der Waals surface area contributed by atoms with Gasteiger partial charge < -0.3 is 20.0 Å². The normalized spacial score (nSPS) is 22.2. The summed E-state index contributed by atoms with van der Waals surface area (Å²) in [5.41, 5.74) is 3.92. The molecule has 2 aliphatic rings. The summed E-state index contributed by atoms with van der Waals surface area (Å²) in [5, 5.41) is 4.53. The van der Waals surface area contributed by atoms with Crippen molar-refractivity contribution in [2.24, 2.45) is 5.92 Å². The lowest BCUT2D eigenvalue weighted by atomic mass is 9.73. The first-order valence-corrected chi connectivity index (χ1v) is 11.3. The average Bonchev–Trinajstić information content (AvgIpc) is 3.40. The molecule has 4 aromatic rings. The molecule has 0 amide bonds. The van der Waals surface area contributed by atoms with Crippen LogP contribution < -0.4 is 21.3 Å². The Kier molecular flexibility index (Phi) is 4.47. The number of H-pyrrole nitrogens is 2. The number of rotatable bonds is 4. The molecule has 3 heterocycles. The van der Waals surface area contributed by atoms with Gasteiger partial charge in [0.15, 0.2) is 0 Å². The monoisotopic (exact) mass is 430 g/mol. The minimum absolute atomic E-state index is 0.218. The first-order chi connectivity index (χ1) is 15.7. The predicted molar refractivity (Wildman–Crippen MR) is 125 cm³/mol. The lowest BCUT2D eigenvalue weighted by Gasteiger charge is -2.32. The number of benzene rings is 2. The molecule has 6 rings (SSSR count). The molecule has 32 heavy (non-hydrogen) atoms. The molecule has 2 aromatic carbocycles. The fraction of sp³-hybridized carbons (Fsp3) is 0.360. The molecule has 0 bridgehead atoms. The highest BCUT2D eigenvalue weighted by atomic mass is 16.5. The van der Waals surface area contributed by atoms with Gasteiger partial charge in [-0.25, -0.2) is 4.79 Å². The zero-order valence-electron chi connectivity index (χ0n) is 18.0. The second-order valence-electron chi connectivity index (χ2n) is 8.96. The van der Waals surface area contributed by atoms with Crippen molar-refractivity contribution < 1.29 is 4.74 Å². The van der Waals surface area contributed by atoms with Crippen molar-refractivity contribution in [1.82, 2.24) is 19.9 Å². The minimum atomic E-state index is -0.354. The summed E-state index contributed by atoms with van der Waals surface area (Å²) in [6, 6.07) is 14.2. The summed E-state index contributed by atoms with van der Waals surface area (Å²) in [6.45, 7) is 1.35. The Balaban J connectivity index is 1.33. The molecule has 3 atom stereocenters. The van der Waals surface area contributed by atoms with Gasteiger partial charge in [0, 0.05) is 29.4 Å². The first-order valence-electron chi connectivity index (χ1n) is 11.3. The summed E-state index contributed by atoms with van der Waals surface area (Å²) in [5.74, 6) is 1.91. The molecule has 164 valence electrons. The van der Waals surface area contributed by atoms with E-state index in [-0.39, 0.29) is 17.3 Å². The number of aromatic amines is 2. The van der Waals surface area contributed by atoms with Gasteiger partial charge in [0.25, 0.3) is 5.56 Å². The number of nitrogens with zero attached hydrogens (tertiary/aromatic N) is 1. The molecule has 2 aromatic heterocycles. The van der Waals surface area contributed by atoms with Crippen molar-refractivity contribution in [2.75, 3.05) is 13.7 Å². The van der Waals surface area contributed by atoms with Gasteiger partial charge in [0.05, 0.1) is 12.6 Å². The Hall–Kier alpha value is -3.32. The van der Waals surface area contributed by atoms with Crippen LogP contribution in [0, 0.1) is 5.92 Å². The van der Waals surface area contributed by atoms with Gasteiger partial charge in [0.2, 0.25) is 0 Å². The van der Waals surface area contributed by atoms with Gasteiger partial charge in [-0.05, 0) is 55.0 Å². The predicted octanol–water partition coefficient (Wildman–Crippen LogP) is 2.89. The first kappa shape index (κ1) is 19.4. The zero-order chi connectivity index (χ0) is 21.8. The van der Waals surface area contributed by atoms with Crippen LogP contribution in [-0.4, -0.2) is 34.2 Å². The molecule has 0 spiro atoms. The SMILES string of the molecule is COc1cccc2c1CCC1CNC(CCn3c(=O)[nH]c4c([nH]c5ccccc54)c3=O)C21. The van der Waals surface area contributed by atoms with Crippen LogP contribution in [-0.2, 0) is 13.0 Å². The lowest BCUT2D eigenvalue weighted by Crippen LogP contribution is -2.38. The molecule has 1 aliphatic carbocycles. The zero-order valence-corrected chi connectivity index (χ0v) is 18.0. The van der Waals surface area contributed by atoms with Gasteiger partial charge in [0.1, 0.15) is 11.3 Å². The van der Waals surface area contributed by atoms with Crippen LogP contribution in [0.1, 0.15) is 29.9 Å². The highest BCUT2D eigenvalue weighted by Crippen LogP contribution is 2.45. The summed E-state index contributed by atoms with van der Waals surface area (Å²) >= 11 is 0. The van der Waals surface area contributed by atoms with E-state index in [0.29, 0.717) is 35.8 Å². The second-order valence-corrected chi connectivity index (χ2v) is 8.96. The van der Waals surface area contributed by atoms with E-state index in [2.05, 4.69) is 27.4 Å². The van der Waals surface area contributed by atoms with Crippen LogP contribution >= 0.6 is 0 Å². The fourth-order valence-corrected chi connectivity index (χ4v) is 5.91. The third-order valence-corrected chi connectivity index (χ3v) is 7.40. The maximum atomic E-state index is 13.2. The number of ether oxygens (including phenoxy) is 1. The van der Waals surface area contributed by atoms with Crippen molar-refractivity contribution in [3.05, 3.63) is 74.4 Å². The smallest absolute Gasteiger partial charge is 0.328 e. The van der Waals surface area contributed by atoms with Gasteiger partial charge in [-0.1, -0.05) is 30.3 Å². The molecule has 1 aliphatic heterocycles. The van der Waals surface area contributed by atoms with E-state index < -0.39 is 0 Å². The van der Waals surface area contributed by atoms with Crippen LogP contribution in [0.4, 0.5) is 0 Å². The van der Waals surface area contributed by atoms with Gasteiger partial charge >= 0.3 is 5.69 Å². The number of hydrogen-bond acceptors (Lipinski definition) is 4. The molecule has 7 nitrogen and oxygen atoms in total. The number of nitrogens with one attached hydrogen (secondary N) is 3. The number of methoxy groups -OCH3 is 1. The molecule has 7 heteroatoms. The number of hydrogen-bond donors (Lipinski definition) is 3. The van der Waals surface area contributed by atoms with Crippen LogP contribution in [0.25, 0.3) is 21.9 Å². The Morgan fingerprint density at radius 3 is 2.81 bits per heavy atom. The third-order valence-electron chi connectivity index (χ3n) is 7.40. The number of aromatic nitrogens is 3. The standard InChI is InChI=1S/C25H26N4O3/c1-32-20-8-4-6-16-15(20)10-9-14-13-26-19(21(14)16)11-12-29-24(30)23-22(28-25(29)31)17-5-2-3-7-18(17)27-23/h2-8,14,19,21,26-27H,9-13H2,1H3,(H,28,31). The number of fused-ring (bicyclic) bond motifs is 6. The Morgan fingerprint density at radius 1 is 1.06 bits per heavy atom. The molecule has 1 saturated heterocycles. The molecular formula is C25H26N4O3. The second kappa shape index (κ2) is 7.38. The van der Waals surface area contributed by atoms with Crippen LogP contribution in [0.15, 0.2) is 52.1 Å². The summed E-state index contributed by atoms with van der Waals surface area (Å²) in [4.78, 5) is 32.1. The van der Waals surface area contributed by atoms with Crippen molar-refractivity contribution >= 4 is 21.9 Å². The molecule has 3 N–H and O–H groups in total. The van der Waals surface area contributed by atoms with Gasteiger partial charge in [-0.15, -0.1) is 0 Å². The largest absolute Gasteiger partial charge is 0.496 e. The van der Waals surface area contributed by atoms with E-state index in [9.17, 15) is 9.59 Å². The molecule has 1 fully saturated rings. The molecular weight excluding hydrogens is 404 g/mol. The van der Waals surface area contributed by atoms with Crippen molar-refractivity contribution in [3.63, 3.8) is 0 Å². The average molecular weight is 431 g/mol. The summed E-state index contributed by atoms with van der Waals surface area (Å²) in [6.07, 6.45) is 2.88. The van der Waals surface area contributed by atoms with Crippen LogP contribution in [0.2, 0.25) is 0 Å². The van der Waals surface area contributed by atoms with Crippen LogP contribution in [0.3, 0.4) is 0 Å². The Bertz CT molecular complexity index is 1450. The molecule has 0 saturated carbocycles. The van der Waals surface area contributed by atoms with E-state index in [1.807, 2.05) is 30.3 Å². The summed E-state index contributed by atoms with van der Waals surface area (Å²) in [7, 11) is 1.73. The topological polar surface area (TPSA) is 91.9 Å². The van der Waals surface area contributed by atoms with E-state index in [4.69, 9.17) is 4.74 Å². The molecule has 3 unspecified atom stereocenters. The number of para-hydroxylation sites is 1. The van der Waals surface area contributed by atoms with Crippen molar-refractivity contribution in [2.45, 2.75) is 37.8 Å². The molecule has 0 radical (unpaired) electrons. The highest BCUT2D eigenvalue weighted by molar-refractivity contribution is 6.04. The maximum Gasteiger partial charge on any atom is 0.328 e. The van der Waals surface area contributed by atoms with E-state index in [1.165, 1.54) is 15.7 Å². The maximum absolute atomic E-state index is 13.2. The third kappa shape index (κ3) is 2.84. The highest BCUT2D eigenvalue weighted by Gasteiger charge is 2.40. The summed E-state index contributed by atoms with van der Waals surface area (Å²) < 4.78 is 6.94. The van der Waals surface area contributed by atoms with Gasteiger partial charge in [-0.2, -0.15) is 0 Å². The van der Waals surface area contributed by atoms with E-state index in [0.717, 1.165) is 36.0 Å². The minimum Gasteiger partial charge on any atom is -0.496 e. The lowest BCUT2D eigenvalue weighted by molar-refractivity contribution is 0.371.